The van der Waals surface area contributed by atoms with Gasteiger partial charge in [0.1, 0.15) is 12.4 Å². The van der Waals surface area contributed by atoms with E-state index < -0.39 is 27.7 Å². The minimum absolute atomic E-state index is 0.0779. The van der Waals surface area contributed by atoms with Gasteiger partial charge < -0.3 is 10.1 Å². The summed E-state index contributed by atoms with van der Waals surface area (Å²) in [5, 5.41) is 2.75. The first-order valence-corrected chi connectivity index (χ1v) is 12.0. The number of rotatable bonds is 6. The van der Waals surface area contributed by atoms with Gasteiger partial charge in [0.15, 0.2) is 9.84 Å². The Balaban J connectivity index is 1.43. The zero-order valence-corrected chi connectivity index (χ0v) is 18.6. The zero-order valence-electron chi connectivity index (χ0n) is 17.7. The Morgan fingerprint density at radius 3 is 2.48 bits per heavy atom. The van der Waals surface area contributed by atoms with Crippen molar-refractivity contribution in [3.8, 4) is 11.1 Å². The van der Waals surface area contributed by atoms with Gasteiger partial charge in [-0.25, -0.2) is 17.6 Å². The van der Waals surface area contributed by atoms with Gasteiger partial charge in [-0.15, -0.1) is 0 Å². The van der Waals surface area contributed by atoms with Crippen molar-refractivity contribution in [3.05, 3.63) is 83.7 Å². The van der Waals surface area contributed by atoms with Crippen LogP contribution in [-0.4, -0.2) is 39.8 Å². The van der Waals surface area contributed by atoms with Gasteiger partial charge in [-0.05, 0) is 47.5 Å². The number of ether oxygens (including phenoxy) is 1. The average molecular weight is 469 g/mol. The van der Waals surface area contributed by atoms with E-state index in [4.69, 9.17) is 4.74 Å². The number of nitrogens with one attached hydrogen (secondary N) is 1. The van der Waals surface area contributed by atoms with E-state index in [9.17, 15) is 22.4 Å². The summed E-state index contributed by atoms with van der Waals surface area (Å²) in [6.07, 6.45) is 0.596. The molecule has 0 bridgehead atoms. The molecule has 0 aromatic heterocycles. The Kier molecular flexibility index (Phi) is 6.15. The van der Waals surface area contributed by atoms with Crippen molar-refractivity contribution in [1.29, 1.82) is 0 Å². The molecule has 3 aromatic carbocycles. The van der Waals surface area contributed by atoms with Crippen molar-refractivity contribution in [2.45, 2.75) is 11.4 Å². The van der Waals surface area contributed by atoms with E-state index in [1.165, 1.54) is 29.2 Å². The van der Waals surface area contributed by atoms with E-state index >= 15 is 0 Å². The highest BCUT2D eigenvalue weighted by molar-refractivity contribution is 7.90. The molecule has 1 N–H and O–H groups in total. The first kappa shape index (κ1) is 22.5. The molecule has 1 saturated heterocycles. The highest BCUT2D eigenvalue weighted by atomic mass is 32.2. The summed E-state index contributed by atoms with van der Waals surface area (Å²) in [5.74, 6) is -0.856. The maximum atomic E-state index is 14.7. The number of amides is 2. The van der Waals surface area contributed by atoms with Crippen LogP contribution < -0.4 is 10.2 Å². The third kappa shape index (κ3) is 5.04. The van der Waals surface area contributed by atoms with Crippen molar-refractivity contribution in [2.75, 3.05) is 24.3 Å². The lowest BCUT2D eigenvalue weighted by Crippen LogP contribution is -2.23. The smallest absolute Gasteiger partial charge is 0.414 e. The van der Waals surface area contributed by atoms with Crippen LogP contribution in [0.1, 0.15) is 15.9 Å². The lowest BCUT2D eigenvalue weighted by Gasteiger charge is -2.14. The Morgan fingerprint density at radius 2 is 1.85 bits per heavy atom. The highest BCUT2D eigenvalue weighted by Gasteiger charge is 2.24. The molecule has 1 fully saturated rings. The number of benzene rings is 3. The predicted octanol–water partition coefficient (Wildman–Crippen LogP) is 3.78. The minimum atomic E-state index is -3.41. The molecule has 33 heavy (non-hydrogen) atoms. The molecule has 2 amide bonds. The van der Waals surface area contributed by atoms with E-state index in [-0.39, 0.29) is 23.6 Å². The summed E-state index contributed by atoms with van der Waals surface area (Å²) < 4.78 is 42.9. The number of cyclic esters (lactones) is 1. The second-order valence-electron chi connectivity index (χ2n) is 7.61. The molecule has 4 rings (SSSR count). The van der Waals surface area contributed by atoms with Crippen LogP contribution in [0, 0.1) is 5.82 Å². The summed E-state index contributed by atoms with van der Waals surface area (Å²) in [5.41, 5.74) is 2.53. The first-order valence-electron chi connectivity index (χ1n) is 10.1. The van der Waals surface area contributed by atoms with Gasteiger partial charge in [-0.3, -0.25) is 9.69 Å². The van der Waals surface area contributed by atoms with Crippen molar-refractivity contribution in [3.63, 3.8) is 0 Å². The molecule has 0 spiro atoms. The zero-order chi connectivity index (χ0) is 23.6. The molecule has 9 heteroatoms. The third-order valence-electron chi connectivity index (χ3n) is 5.27. The number of sulfone groups is 1. The maximum absolute atomic E-state index is 14.7. The standard InChI is InChI=1S/C24H21FN2O5S/c1-33(30,31)20-4-2-3-18(13-20)23(28)26-15-16-5-7-17(8-6-16)21-10-9-19(14-22(21)25)27-11-12-32-24(27)29/h2-10,13-14H,11-12,15H2,1H3,(H,26,28). The summed E-state index contributed by atoms with van der Waals surface area (Å²) in [7, 11) is -3.41. The van der Waals surface area contributed by atoms with Crippen molar-refractivity contribution in [1.82, 2.24) is 5.32 Å². The number of carbonyl (C=O) groups is 2. The Morgan fingerprint density at radius 1 is 1.09 bits per heavy atom. The van der Waals surface area contributed by atoms with Gasteiger partial charge in [0.2, 0.25) is 0 Å². The maximum Gasteiger partial charge on any atom is 0.414 e. The molecule has 0 radical (unpaired) electrons. The van der Waals surface area contributed by atoms with Crippen LogP contribution in [0.5, 0.6) is 0 Å². The summed E-state index contributed by atoms with van der Waals surface area (Å²) in [4.78, 5) is 25.5. The van der Waals surface area contributed by atoms with Gasteiger partial charge in [-0.2, -0.15) is 0 Å². The van der Waals surface area contributed by atoms with Gasteiger partial charge in [0, 0.05) is 23.9 Å². The van der Waals surface area contributed by atoms with Crippen LogP contribution in [0.2, 0.25) is 0 Å². The highest BCUT2D eigenvalue weighted by Crippen LogP contribution is 2.28. The summed E-state index contributed by atoms with van der Waals surface area (Å²) in [6.45, 7) is 0.890. The number of hydrogen-bond donors (Lipinski definition) is 1. The molecular formula is C24H21FN2O5S. The number of hydrogen-bond acceptors (Lipinski definition) is 5. The van der Waals surface area contributed by atoms with Crippen LogP contribution in [0.3, 0.4) is 0 Å². The van der Waals surface area contributed by atoms with Gasteiger partial charge in [-0.1, -0.05) is 30.3 Å². The molecular weight excluding hydrogens is 447 g/mol. The van der Waals surface area contributed by atoms with Gasteiger partial charge in [0.05, 0.1) is 17.1 Å². The van der Waals surface area contributed by atoms with Crippen molar-refractivity contribution < 1.29 is 27.1 Å². The second-order valence-corrected chi connectivity index (χ2v) is 9.63. The fourth-order valence-corrected chi connectivity index (χ4v) is 4.16. The minimum Gasteiger partial charge on any atom is -0.447 e. The fourth-order valence-electron chi connectivity index (χ4n) is 3.49. The van der Waals surface area contributed by atoms with E-state index in [1.807, 2.05) is 0 Å². The number of nitrogens with zero attached hydrogens (tertiary/aromatic N) is 1. The van der Waals surface area contributed by atoms with E-state index in [0.29, 0.717) is 23.4 Å². The normalized spacial score (nSPS) is 13.6. The lowest BCUT2D eigenvalue weighted by atomic mass is 10.0. The van der Waals surface area contributed by atoms with Crippen LogP contribution in [0.4, 0.5) is 14.9 Å². The van der Waals surface area contributed by atoms with Gasteiger partial charge >= 0.3 is 6.09 Å². The van der Waals surface area contributed by atoms with Crippen molar-refractivity contribution >= 4 is 27.5 Å². The average Bonchev–Trinajstić information content (AvgIpc) is 3.23. The largest absolute Gasteiger partial charge is 0.447 e. The summed E-state index contributed by atoms with van der Waals surface area (Å²) >= 11 is 0. The Hall–Kier alpha value is -3.72. The van der Waals surface area contributed by atoms with Crippen LogP contribution in [0.15, 0.2) is 71.6 Å². The molecule has 0 atom stereocenters. The number of halogens is 1. The topological polar surface area (TPSA) is 92.8 Å². The molecule has 0 unspecified atom stereocenters. The molecule has 170 valence electrons. The van der Waals surface area contributed by atoms with E-state index in [0.717, 1.165) is 11.8 Å². The van der Waals surface area contributed by atoms with Crippen molar-refractivity contribution in [2.24, 2.45) is 0 Å². The number of carbonyl (C=O) groups excluding carboxylic acids is 2. The van der Waals surface area contributed by atoms with Crippen LogP contribution >= 0.6 is 0 Å². The second kappa shape index (κ2) is 9.03. The molecule has 0 saturated carbocycles. The van der Waals surface area contributed by atoms with E-state index in [1.54, 1.807) is 42.5 Å². The quantitative estimate of drug-likeness (QED) is 0.594. The van der Waals surface area contributed by atoms with Gasteiger partial charge in [0.25, 0.3) is 5.91 Å². The Bertz CT molecular complexity index is 1320. The molecule has 7 nitrogen and oxygen atoms in total. The molecule has 0 aliphatic carbocycles. The first-order chi connectivity index (χ1) is 15.7. The lowest BCUT2D eigenvalue weighted by molar-refractivity contribution is 0.0950. The fraction of sp³-hybridized carbons (Fsp3) is 0.167. The predicted molar refractivity (Wildman–Crippen MR) is 121 cm³/mol. The summed E-state index contributed by atoms with van der Waals surface area (Å²) in [6, 6.07) is 17.5. The molecule has 1 aliphatic rings. The third-order valence-corrected chi connectivity index (χ3v) is 6.38. The van der Waals surface area contributed by atoms with Crippen LogP contribution in [0.25, 0.3) is 11.1 Å². The van der Waals surface area contributed by atoms with Crippen LogP contribution in [-0.2, 0) is 21.1 Å². The SMILES string of the molecule is CS(=O)(=O)c1cccc(C(=O)NCc2ccc(-c3ccc(N4CCOC4=O)cc3F)cc2)c1. The monoisotopic (exact) mass is 468 g/mol. The molecule has 1 heterocycles. The van der Waals surface area contributed by atoms with E-state index in [2.05, 4.69) is 5.32 Å². The Labute approximate surface area is 190 Å². The number of anilines is 1. The molecule has 3 aromatic rings. The molecule has 1 aliphatic heterocycles.